The van der Waals surface area contributed by atoms with Gasteiger partial charge in [0, 0.05) is 41.8 Å². The zero-order valence-corrected chi connectivity index (χ0v) is 19.3. The van der Waals surface area contributed by atoms with Crippen LogP contribution >= 0.6 is 34.5 Å². The lowest BCUT2D eigenvalue weighted by Crippen LogP contribution is -2.36. The summed E-state index contributed by atoms with van der Waals surface area (Å²) in [5, 5.41) is 3.35. The maximum atomic E-state index is 13.2. The molecule has 0 N–H and O–H groups in total. The first-order valence-electron chi connectivity index (χ1n) is 10.0. The van der Waals surface area contributed by atoms with Gasteiger partial charge >= 0.3 is 0 Å². The normalized spacial score (nSPS) is 13.6. The second-order valence-corrected chi connectivity index (χ2v) is 8.97. The van der Waals surface area contributed by atoms with Gasteiger partial charge in [0.15, 0.2) is 5.13 Å². The second kappa shape index (κ2) is 9.81. The fourth-order valence-electron chi connectivity index (χ4n) is 3.45. The molecule has 6 nitrogen and oxygen atoms in total. The van der Waals surface area contributed by atoms with E-state index >= 15 is 0 Å². The van der Waals surface area contributed by atoms with Crippen molar-refractivity contribution in [3.8, 4) is 11.3 Å². The van der Waals surface area contributed by atoms with Crippen molar-refractivity contribution < 1.29 is 14.4 Å². The maximum Gasteiger partial charge on any atom is 0.230 e. The quantitative estimate of drug-likeness (QED) is 0.430. The number of carbonyl (C=O) groups is 3. The summed E-state index contributed by atoms with van der Waals surface area (Å²) in [7, 11) is 0. The van der Waals surface area contributed by atoms with E-state index in [2.05, 4.69) is 4.98 Å². The smallest absolute Gasteiger partial charge is 0.230 e. The van der Waals surface area contributed by atoms with Crippen LogP contribution in [-0.2, 0) is 20.9 Å². The van der Waals surface area contributed by atoms with Crippen LogP contribution in [-0.4, -0.2) is 34.2 Å². The molecule has 0 atom stereocenters. The molecule has 164 valence electrons. The second-order valence-electron chi connectivity index (χ2n) is 7.29. The van der Waals surface area contributed by atoms with E-state index < -0.39 is 0 Å². The van der Waals surface area contributed by atoms with Crippen LogP contribution in [0.5, 0.6) is 0 Å². The van der Waals surface area contributed by atoms with E-state index in [4.69, 9.17) is 23.2 Å². The number of imide groups is 1. The predicted octanol–water partition coefficient (Wildman–Crippen LogP) is 5.19. The minimum Gasteiger partial charge on any atom is -0.284 e. The Labute approximate surface area is 199 Å². The van der Waals surface area contributed by atoms with Gasteiger partial charge in [-0.25, -0.2) is 4.98 Å². The standard InChI is InChI=1S/C23H19Cl2N3O3S/c24-16-6-7-17(18(25)12-16)19-14-32-23(26-19)28(13-15-4-2-1-3-5-15)22(31)10-11-27-20(29)8-9-21(27)30/h1-7,12,14H,8-11,13H2. The lowest BCUT2D eigenvalue weighted by molar-refractivity contribution is -0.138. The molecule has 1 aromatic heterocycles. The summed E-state index contributed by atoms with van der Waals surface area (Å²) in [4.78, 5) is 44.4. The number of carbonyl (C=O) groups excluding carboxylic acids is 3. The number of aromatic nitrogens is 1. The number of benzene rings is 2. The number of thiazole rings is 1. The number of hydrogen-bond donors (Lipinski definition) is 0. The van der Waals surface area contributed by atoms with E-state index in [-0.39, 0.29) is 43.5 Å². The Morgan fingerprint density at radius 2 is 1.78 bits per heavy atom. The fraction of sp³-hybridized carbons (Fsp3) is 0.217. The number of amides is 3. The zero-order valence-electron chi connectivity index (χ0n) is 17.0. The molecule has 1 aliphatic heterocycles. The highest BCUT2D eigenvalue weighted by Crippen LogP contribution is 2.34. The van der Waals surface area contributed by atoms with Gasteiger partial charge in [-0.15, -0.1) is 11.3 Å². The number of halogens is 2. The van der Waals surface area contributed by atoms with Gasteiger partial charge in [0.25, 0.3) is 0 Å². The molecule has 0 saturated carbocycles. The van der Waals surface area contributed by atoms with Crippen LogP contribution in [0.25, 0.3) is 11.3 Å². The Hall–Kier alpha value is -2.74. The molecule has 0 radical (unpaired) electrons. The van der Waals surface area contributed by atoms with Crippen molar-refractivity contribution in [2.24, 2.45) is 0 Å². The van der Waals surface area contributed by atoms with E-state index in [0.29, 0.717) is 27.4 Å². The van der Waals surface area contributed by atoms with Crippen LogP contribution in [0.2, 0.25) is 10.0 Å². The van der Waals surface area contributed by atoms with Crippen molar-refractivity contribution >= 4 is 57.4 Å². The van der Waals surface area contributed by atoms with Crippen LogP contribution in [0, 0.1) is 0 Å². The van der Waals surface area contributed by atoms with Crippen molar-refractivity contribution in [1.82, 2.24) is 9.88 Å². The summed E-state index contributed by atoms with van der Waals surface area (Å²) in [6.07, 6.45) is 0.442. The lowest BCUT2D eigenvalue weighted by atomic mass is 10.2. The molecule has 1 aliphatic rings. The van der Waals surface area contributed by atoms with Crippen LogP contribution in [0.4, 0.5) is 5.13 Å². The number of anilines is 1. The third kappa shape index (κ3) is 5.01. The molecule has 2 aromatic carbocycles. The molecule has 9 heteroatoms. The van der Waals surface area contributed by atoms with Crippen LogP contribution in [0.15, 0.2) is 53.9 Å². The predicted molar refractivity (Wildman–Crippen MR) is 126 cm³/mol. The highest BCUT2D eigenvalue weighted by Gasteiger charge is 2.30. The molecular formula is C23H19Cl2N3O3S. The third-order valence-electron chi connectivity index (χ3n) is 5.12. The minimum absolute atomic E-state index is 0.0287. The number of rotatable bonds is 7. The first kappa shape index (κ1) is 22.5. The van der Waals surface area contributed by atoms with Crippen molar-refractivity contribution in [2.75, 3.05) is 11.4 Å². The highest BCUT2D eigenvalue weighted by molar-refractivity contribution is 7.14. The average Bonchev–Trinajstić information content (AvgIpc) is 3.38. The highest BCUT2D eigenvalue weighted by atomic mass is 35.5. The van der Waals surface area contributed by atoms with E-state index in [9.17, 15) is 14.4 Å². The van der Waals surface area contributed by atoms with Gasteiger partial charge < -0.3 is 0 Å². The summed E-state index contributed by atoms with van der Waals surface area (Å²) in [6, 6.07) is 14.7. The van der Waals surface area contributed by atoms with Crippen molar-refractivity contribution in [2.45, 2.75) is 25.8 Å². The maximum absolute atomic E-state index is 13.2. The van der Waals surface area contributed by atoms with E-state index in [1.165, 1.54) is 16.2 Å². The van der Waals surface area contributed by atoms with Crippen LogP contribution in [0.1, 0.15) is 24.8 Å². The molecule has 0 aliphatic carbocycles. The fourth-order valence-corrected chi connectivity index (χ4v) is 4.80. The van der Waals surface area contributed by atoms with Gasteiger partial charge in [0.05, 0.1) is 17.3 Å². The van der Waals surface area contributed by atoms with Crippen LogP contribution < -0.4 is 4.90 Å². The van der Waals surface area contributed by atoms with Crippen molar-refractivity contribution in [3.63, 3.8) is 0 Å². The molecule has 0 spiro atoms. The monoisotopic (exact) mass is 487 g/mol. The number of nitrogens with zero attached hydrogens (tertiary/aromatic N) is 3. The van der Waals surface area contributed by atoms with Crippen molar-refractivity contribution in [1.29, 1.82) is 0 Å². The summed E-state index contributed by atoms with van der Waals surface area (Å²) in [5.74, 6) is -0.679. The third-order valence-corrected chi connectivity index (χ3v) is 6.53. The molecule has 0 unspecified atom stereocenters. The van der Waals surface area contributed by atoms with Gasteiger partial charge in [0.1, 0.15) is 0 Å². The van der Waals surface area contributed by atoms with Gasteiger partial charge in [0.2, 0.25) is 17.7 Å². The Kier molecular flexibility index (Phi) is 6.89. The van der Waals surface area contributed by atoms with Crippen LogP contribution in [0.3, 0.4) is 0 Å². The Balaban J connectivity index is 1.58. The van der Waals surface area contributed by atoms with Gasteiger partial charge in [-0.2, -0.15) is 0 Å². The topological polar surface area (TPSA) is 70.6 Å². The molecule has 0 bridgehead atoms. The average molecular weight is 488 g/mol. The number of likely N-dealkylation sites (tertiary alicyclic amines) is 1. The molecule has 32 heavy (non-hydrogen) atoms. The van der Waals surface area contributed by atoms with Crippen molar-refractivity contribution in [3.05, 3.63) is 69.5 Å². The Morgan fingerprint density at radius 1 is 1.06 bits per heavy atom. The van der Waals surface area contributed by atoms with E-state index in [1.54, 1.807) is 23.1 Å². The summed E-state index contributed by atoms with van der Waals surface area (Å²) < 4.78 is 0. The minimum atomic E-state index is -0.230. The Bertz CT molecular complexity index is 1150. The molecule has 1 fully saturated rings. The van der Waals surface area contributed by atoms with Gasteiger partial charge in [-0.1, -0.05) is 53.5 Å². The van der Waals surface area contributed by atoms with Gasteiger partial charge in [-0.05, 0) is 23.8 Å². The molecule has 3 aromatic rings. The molecular weight excluding hydrogens is 469 g/mol. The zero-order chi connectivity index (χ0) is 22.7. The Morgan fingerprint density at radius 3 is 2.47 bits per heavy atom. The largest absolute Gasteiger partial charge is 0.284 e. The lowest BCUT2D eigenvalue weighted by Gasteiger charge is -2.21. The SMILES string of the molecule is O=C1CCC(=O)N1CCC(=O)N(Cc1ccccc1)c1nc(-c2ccc(Cl)cc2Cl)cs1. The molecule has 4 rings (SSSR count). The molecule has 2 heterocycles. The number of hydrogen-bond acceptors (Lipinski definition) is 5. The summed E-state index contributed by atoms with van der Waals surface area (Å²) in [5.41, 5.74) is 2.30. The molecule has 3 amide bonds. The first-order valence-corrected chi connectivity index (χ1v) is 11.6. The van der Waals surface area contributed by atoms with Gasteiger partial charge in [-0.3, -0.25) is 24.2 Å². The summed E-state index contributed by atoms with van der Waals surface area (Å²) >= 11 is 13.6. The first-order chi connectivity index (χ1) is 15.4. The van der Waals surface area contributed by atoms with E-state index in [0.717, 1.165) is 11.1 Å². The van der Waals surface area contributed by atoms with E-state index in [1.807, 2.05) is 35.7 Å². The summed E-state index contributed by atoms with van der Waals surface area (Å²) in [6.45, 7) is 0.395. The molecule has 1 saturated heterocycles.